The van der Waals surface area contributed by atoms with E-state index < -0.39 is 8.32 Å². The van der Waals surface area contributed by atoms with Crippen molar-refractivity contribution in [2.24, 2.45) is 11.8 Å². The average molecular weight is 307 g/mol. The second-order valence-electron chi connectivity index (χ2n) is 8.96. The molecule has 0 aromatic carbocycles. The van der Waals surface area contributed by atoms with Gasteiger partial charge < -0.3 is 4.43 Å². The molecule has 0 amide bonds. The Morgan fingerprint density at radius 2 is 1.81 bits per heavy atom. The van der Waals surface area contributed by atoms with Gasteiger partial charge in [-0.15, -0.1) is 5.73 Å². The normalized spacial score (nSPS) is 32.7. The molecule has 2 rings (SSSR count). The molecule has 2 aliphatic carbocycles. The molecule has 0 aromatic rings. The van der Waals surface area contributed by atoms with Gasteiger partial charge in [-0.2, -0.15) is 0 Å². The molecule has 3 atom stereocenters. The fourth-order valence-corrected chi connectivity index (χ4v) is 5.25. The highest BCUT2D eigenvalue weighted by atomic mass is 28.4. The molecule has 2 fully saturated rings. The summed E-state index contributed by atoms with van der Waals surface area (Å²) in [4.78, 5) is 0. The van der Waals surface area contributed by atoms with E-state index in [9.17, 15) is 0 Å². The minimum absolute atomic E-state index is 0.00857. The Hall–Kier alpha value is -0.303. The standard InChI is InChI=1S/C19H34OSi/c1-15(2)12-13-19(20-21(6,7)18(3,4)5)14-16-10-8-9-11-17(16)19/h13,16-17H,8-11,14H2,1-7H3/t16-,17-,19+/m0/s1. The first-order valence-corrected chi connectivity index (χ1v) is 11.6. The van der Waals surface area contributed by atoms with Gasteiger partial charge in [-0.1, -0.05) is 33.6 Å². The first kappa shape index (κ1) is 17.1. The molecule has 2 saturated carbocycles. The summed E-state index contributed by atoms with van der Waals surface area (Å²) in [7, 11) is -1.74. The molecule has 0 unspecified atom stereocenters. The third-order valence-corrected chi connectivity index (χ3v) is 10.5. The van der Waals surface area contributed by atoms with E-state index in [4.69, 9.17) is 4.43 Å². The van der Waals surface area contributed by atoms with Crippen molar-refractivity contribution in [1.29, 1.82) is 0 Å². The predicted molar refractivity (Wildman–Crippen MR) is 94.0 cm³/mol. The van der Waals surface area contributed by atoms with Crippen LogP contribution in [0.3, 0.4) is 0 Å². The summed E-state index contributed by atoms with van der Waals surface area (Å²) in [6.07, 6.45) is 9.09. The van der Waals surface area contributed by atoms with Crippen LogP contribution in [-0.2, 0) is 4.43 Å². The first-order chi connectivity index (χ1) is 9.57. The van der Waals surface area contributed by atoms with Crippen LogP contribution >= 0.6 is 0 Å². The highest BCUT2D eigenvalue weighted by Gasteiger charge is 2.57. The number of rotatable bonds is 3. The maximum Gasteiger partial charge on any atom is 0.193 e. The maximum absolute atomic E-state index is 6.95. The first-order valence-electron chi connectivity index (χ1n) is 8.69. The Balaban J connectivity index is 2.29. The van der Waals surface area contributed by atoms with Gasteiger partial charge >= 0.3 is 0 Å². The molecular weight excluding hydrogens is 272 g/mol. The van der Waals surface area contributed by atoms with Crippen LogP contribution in [0.1, 0.15) is 66.7 Å². The van der Waals surface area contributed by atoms with Gasteiger partial charge in [0.2, 0.25) is 0 Å². The molecular formula is C19H34OSi. The molecule has 0 spiro atoms. The van der Waals surface area contributed by atoms with Crippen molar-refractivity contribution in [1.82, 2.24) is 0 Å². The minimum Gasteiger partial charge on any atom is -0.407 e. The van der Waals surface area contributed by atoms with Crippen LogP contribution in [0.4, 0.5) is 0 Å². The summed E-state index contributed by atoms with van der Waals surface area (Å²) in [5.74, 6) is 1.64. The van der Waals surface area contributed by atoms with E-state index in [0.29, 0.717) is 0 Å². The maximum atomic E-state index is 6.95. The SMILES string of the molecule is CC(C)=C=C[C@@]1(O[Si](C)(C)C(C)(C)C)C[C@@H]2CCCC[C@@H]21. The van der Waals surface area contributed by atoms with Gasteiger partial charge in [0.25, 0.3) is 0 Å². The predicted octanol–water partition coefficient (Wildman–Crippen LogP) is 6.08. The zero-order chi connectivity index (χ0) is 15.9. The van der Waals surface area contributed by atoms with Crippen molar-refractivity contribution >= 4 is 8.32 Å². The smallest absolute Gasteiger partial charge is 0.193 e. The molecule has 0 bridgehead atoms. The summed E-state index contributed by atoms with van der Waals surface area (Å²) in [5, 5.41) is 0.276. The van der Waals surface area contributed by atoms with Crippen LogP contribution in [0.25, 0.3) is 0 Å². The lowest BCUT2D eigenvalue weighted by molar-refractivity contribution is -0.108. The fourth-order valence-electron chi connectivity index (χ4n) is 3.70. The lowest BCUT2D eigenvalue weighted by atomic mass is 9.56. The van der Waals surface area contributed by atoms with Crippen LogP contribution in [-0.4, -0.2) is 13.9 Å². The molecule has 0 aliphatic heterocycles. The highest BCUT2D eigenvalue weighted by Crippen LogP contribution is 2.57. The van der Waals surface area contributed by atoms with Crippen molar-refractivity contribution in [3.8, 4) is 0 Å². The van der Waals surface area contributed by atoms with Crippen LogP contribution in [0.15, 0.2) is 17.4 Å². The molecule has 1 nitrogen and oxygen atoms in total. The van der Waals surface area contributed by atoms with E-state index in [1.807, 2.05) is 0 Å². The summed E-state index contributed by atoms with van der Waals surface area (Å²) in [6, 6.07) is 0. The molecule has 2 heteroatoms. The van der Waals surface area contributed by atoms with E-state index in [2.05, 4.69) is 59.5 Å². The molecule has 0 heterocycles. The van der Waals surface area contributed by atoms with E-state index in [1.165, 1.54) is 37.7 Å². The van der Waals surface area contributed by atoms with Crippen molar-refractivity contribution in [2.75, 3.05) is 0 Å². The van der Waals surface area contributed by atoms with Crippen LogP contribution in [0.2, 0.25) is 18.1 Å². The van der Waals surface area contributed by atoms with Gasteiger partial charge in [0, 0.05) is 0 Å². The van der Waals surface area contributed by atoms with Crippen molar-refractivity contribution in [2.45, 2.75) is 90.5 Å². The number of hydrogen-bond donors (Lipinski definition) is 0. The number of fused-ring (bicyclic) bond motifs is 1. The summed E-state index contributed by atoms with van der Waals surface area (Å²) < 4.78 is 6.95. The molecule has 120 valence electrons. The van der Waals surface area contributed by atoms with Gasteiger partial charge in [0.05, 0.1) is 5.60 Å². The second kappa shape index (κ2) is 5.72. The molecule has 0 aromatic heterocycles. The van der Waals surface area contributed by atoms with Crippen molar-refractivity contribution in [3.05, 3.63) is 17.4 Å². The largest absolute Gasteiger partial charge is 0.407 e. The molecule has 0 N–H and O–H groups in total. The Labute approximate surface area is 133 Å². The Kier molecular flexibility index (Phi) is 4.65. The topological polar surface area (TPSA) is 9.23 Å². The van der Waals surface area contributed by atoms with Crippen LogP contribution in [0.5, 0.6) is 0 Å². The van der Waals surface area contributed by atoms with Crippen molar-refractivity contribution < 1.29 is 4.43 Å². The number of hydrogen-bond acceptors (Lipinski definition) is 1. The Morgan fingerprint density at radius 1 is 1.19 bits per heavy atom. The minimum atomic E-state index is -1.74. The quantitative estimate of drug-likeness (QED) is 0.453. The lowest BCUT2D eigenvalue weighted by Crippen LogP contribution is -2.61. The Bertz CT molecular complexity index is 447. The summed E-state index contributed by atoms with van der Waals surface area (Å²) in [5.41, 5.74) is 4.73. The van der Waals surface area contributed by atoms with E-state index >= 15 is 0 Å². The lowest BCUT2D eigenvalue weighted by Gasteiger charge is -2.59. The van der Waals surface area contributed by atoms with Gasteiger partial charge in [0.15, 0.2) is 8.32 Å². The van der Waals surface area contributed by atoms with Gasteiger partial charge in [0.1, 0.15) is 0 Å². The third kappa shape index (κ3) is 3.38. The zero-order valence-corrected chi connectivity index (χ0v) is 16.2. The Morgan fingerprint density at radius 3 is 2.33 bits per heavy atom. The summed E-state index contributed by atoms with van der Waals surface area (Å²) >= 11 is 0. The van der Waals surface area contributed by atoms with Crippen LogP contribution in [0, 0.1) is 11.8 Å². The van der Waals surface area contributed by atoms with Gasteiger partial charge in [-0.25, -0.2) is 0 Å². The van der Waals surface area contributed by atoms with Gasteiger partial charge in [-0.3, -0.25) is 0 Å². The van der Waals surface area contributed by atoms with E-state index in [1.54, 1.807) is 0 Å². The van der Waals surface area contributed by atoms with E-state index in [-0.39, 0.29) is 10.6 Å². The molecule has 0 radical (unpaired) electrons. The highest BCUT2D eigenvalue weighted by molar-refractivity contribution is 6.74. The second-order valence-corrected chi connectivity index (χ2v) is 13.7. The average Bonchev–Trinajstić information content (AvgIpc) is 2.32. The zero-order valence-electron chi connectivity index (χ0n) is 15.2. The molecule has 21 heavy (non-hydrogen) atoms. The van der Waals surface area contributed by atoms with Crippen molar-refractivity contribution in [3.63, 3.8) is 0 Å². The van der Waals surface area contributed by atoms with Gasteiger partial charge in [-0.05, 0) is 74.7 Å². The monoisotopic (exact) mass is 306 g/mol. The van der Waals surface area contributed by atoms with E-state index in [0.717, 1.165) is 11.8 Å². The molecule has 2 aliphatic rings. The third-order valence-electron chi connectivity index (χ3n) is 5.97. The fraction of sp³-hybridized carbons (Fsp3) is 0.842. The summed E-state index contributed by atoms with van der Waals surface area (Å²) in [6.45, 7) is 16.1. The van der Waals surface area contributed by atoms with Crippen LogP contribution < -0.4 is 0 Å². The molecule has 0 saturated heterocycles.